The molecule has 0 aliphatic rings. The lowest BCUT2D eigenvalue weighted by molar-refractivity contribution is -0.138. The lowest BCUT2D eigenvalue weighted by Gasteiger charge is -1.98. The molecule has 10 N–H and O–H groups in total. The van der Waals surface area contributed by atoms with Crippen molar-refractivity contribution in [3.8, 4) is 0 Å². The molecule has 0 radical (unpaired) electrons. The van der Waals surface area contributed by atoms with Gasteiger partial charge in [-0.1, -0.05) is 0 Å². The van der Waals surface area contributed by atoms with Gasteiger partial charge in [-0.25, -0.2) is 0 Å². The molecule has 0 rings (SSSR count). The minimum atomic E-state index is -0.981. The summed E-state index contributed by atoms with van der Waals surface area (Å²) in [6.07, 6.45) is 0.880. The average molecular weight is 599 g/mol. The van der Waals surface area contributed by atoms with Crippen molar-refractivity contribution in [3.05, 3.63) is 0 Å². The molecule has 0 heterocycles. The van der Waals surface area contributed by atoms with Crippen molar-refractivity contribution in [2.24, 2.45) is 0 Å². The number of rotatable bonds is 21. The van der Waals surface area contributed by atoms with E-state index in [0.29, 0.717) is 32.5 Å². The molecular formula is C23H42N4O14. The van der Waals surface area contributed by atoms with E-state index in [9.17, 15) is 38.4 Å². The molecule has 238 valence electrons. The van der Waals surface area contributed by atoms with Crippen LogP contribution in [0.4, 0.5) is 0 Å². The predicted molar refractivity (Wildman–Crippen MR) is 142 cm³/mol. The van der Waals surface area contributed by atoms with Crippen molar-refractivity contribution in [2.45, 2.75) is 46.0 Å². The molecule has 0 saturated carbocycles. The first-order valence-corrected chi connectivity index (χ1v) is 12.1. The lowest BCUT2D eigenvalue weighted by atomic mass is 10.3. The minimum absolute atomic E-state index is 0.0483. The van der Waals surface area contributed by atoms with Gasteiger partial charge in [0, 0.05) is 45.6 Å². The Kier molecular flexibility index (Phi) is 34.6. The molecule has 0 amide bonds. The first kappa shape index (κ1) is 44.0. The Morgan fingerprint density at radius 1 is 0.366 bits per heavy atom. The summed E-state index contributed by atoms with van der Waals surface area (Å²) in [5.74, 6) is -5.36. The molecule has 0 bridgehead atoms. The minimum Gasteiger partial charge on any atom is -0.481 e. The summed E-state index contributed by atoms with van der Waals surface area (Å²) in [6.45, 7) is 4.38. The Morgan fingerprint density at radius 3 is 0.805 bits per heavy atom. The van der Waals surface area contributed by atoms with Gasteiger partial charge in [-0.3, -0.25) is 38.4 Å². The van der Waals surface area contributed by atoms with Crippen molar-refractivity contribution >= 4 is 47.4 Å². The zero-order valence-electron chi connectivity index (χ0n) is 23.1. The second-order valence-electron chi connectivity index (χ2n) is 7.80. The number of nitrogens with one attached hydrogen (secondary N) is 4. The number of carboxylic acids is 6. The van der Waals surface area contributed by atoms with Crippen molar-refractivity contribution in [3.63, 3.8) is 0 Å². The third-order valence-corrected chi connectivity index (χ3v) is 3.68. The summed E-state index contributed by atoms with van der Waals surface area (Å²) in [5.41, 5.74) is 0. The summed E-state index contributed by atoms with van der Waals surface area (Å²) < 4.78 is 0. The fraction of sp³-hybridized carbons (Fsp3) is 0.652. The standard InChI is InChI=1S/C7H13NO3.C6H11NO3.2C5H9NO4/c1-6(9)2-4-8-5-3-7(10)11;1-5(8)2-3-7-4-6(9)10;2*7-4(8)1-2-6-3-5(9)10/h8H,2-5H2,1H3,(H,10,11);7H,2-4H2,1H3,(H,9,10);2*6H,1-3H2,(H,7,8)(H,9,10). The van der Waals surface area contributed by atoms with Crippen LogP contribution >= 0.6 is 0 Å². The second kappa shape index (κ2) is 32.2. The van der Waals surface area contributed by atoms with Crippen LogP contribution in [0.1, 0.15) is 46.0 Å². The summed E-state index contributed by atoms with van der Waals surface area (Å²) in [7, 11) is 0. The molecule has 0 aliphatic heterocycles. The maximum Gasteiger partial charge on any atom is 0.317 e. The maximum atomic E-state index is 10.4. The Hall–Kier alpha value is -4.00. The quantitative estimate of drug-likeness (QED) is 0.0635. The second-order valence-corrected chi connectivity index (χ2v) is 7.80. The van der Waals surface area contributed by atoms with E-state index in [1.807, 2.05) is 0 Å². The van der Waals surface area contributed by atoms with Crippen LogP contribution in [0.5, 0.6) is 0 Å². The smallest absolute Gasteiger partial charge is 0.317 e. The van der Waals surface area contributed by atoms with E-state index in [1.54, 1.807) is 0 Å². The molecule has 18 nitrogen and oxygen atoms in total. The van der Waals surface area contributed by atoms with Crippen LogP contribution in [0.25, 0.3) is 0 Å². The molecule has 0 aromatic heterocycles. The molecule has 18 heteroatoms. The van der Waals surface area contributed by atoms with Gasteiger partial charge in [0.1, 0.15) is 11.6 Å². The van der Waals surface area contributed by atoms with Gasteiger partial charge in [0.25, 0.3) is 0 Å². The highest BCUT2D eigenvalue weighted by atomic mass is 16.4. The molecule has 0 saturated heterocycles. The molecule has 0 aliphatic carbocycles. The van der Waals surface area contributed by atoms with E-state index in [2.05, 4.69) is 21.3 Å². The van der Waals surface area contributed by atoms with Gasteiger partial charge in [0.15, 0.2) is 0 Å². The van der Waals surface area contributed by atoms with Crippen LogP contribution in [0.2, 0.25) is 0 Å². The highest BCUT2D eigenvalue weighted by molar-refractivity contribution is 5.76. The van der Waals surface area contributed by atoms with Gasteiger partial charge in [-0.15, -0.1) is 0 Å². The van der Waals surface area contributed by atoms with Crippen molar-refractivity contribution in [1.29, 1.82) is 0 Å². The number of carbonyl (C=O) groups excluding carboxylic acids is 2. The zero-order chi connectivity index (χ0) is 32.6. The molecule has 0 atom stereocenters. The Labute approximate surface area is 236 Å². The summed E-state index contributed by atoms with van der Waals surface area (Å²) in [4.78, 5) is 80.0. The van der Waals surface area contributed by atoms with E-state index < -0.39 is 35.8 Å². The Balaban J connectivity index is -0.000000223. The Morgan fingerprint density at radius 2 is 0.585 bits per heavy atom. The number of Topliss-reactive ketones (excluding diaryl/α,β-unsaturated/α-hetero) is 2. The van der Waals surface area contributed by atoms with Gasteiger partial charge in [-0.05, 0) is 13.8 Å². The molecule has 41 heavy (non-hydrogen) atoms. The van der Waals surface area contributed by atoms with E-state index in [4.69, 9.17) is 30.6 Å². The van der Waals surface area contributed by atoms with Crippen LogP contribution in [0.15, 0.2) is 0 Å². The number of carbonyl (C=O) groups is 8. The van der Waals surface area contributed by atoms with Crippen LogP contribution in [-0.2, 0) is 38.4 Å². The number of aliphatic carboxylic acids is 6. The highest BCUT2D eigenvalue weighted by Gasteiger charge is 1.99. The molecule has 0 aromatic carbocycles. The molecule has 0 unspecified atom stereocenters. The van der Waals surface area contributed by atoms with E-state index >= 15 is 0 Å². The normalized spacial score (nSPS) is 9.32. The third kappa shape index (κ3) is 66.6. The topological polar surface area (TPSA) is 306 Å². The molecular weight excluding hydrogens is 556 g/mol. The maximum absolute atomic E-state index is 10.4. The van der Waals surface area contributed by atoms with Crippen LogP contribution < -0.4 is 21.3 Å². The van der Waals surface area contributed by atoms with E-state index in [-0.39, 0.29) is 63.6 Å². The van der Waals surface area contributed by atoms with Crippen molar-refractivity contribution < 1.29 is 69.0 Å². The Bertz CT molecular complexity index is 665. The van der Waals surface area contributed by atoms with Crippen LogP contribution in [-0.4, -0.2) is 130 Å². The monoisotopic (exact) mass is 598 g/mol. The van der Waals surface area contributed by atoms with Crippen molar-refractivity contribution in [2.75, 3.05) is 52.4 Å². The summed E-state index contributed by atoms with van der Waals surface area (Å²) in [6, 6.07) is 0. The van der Waals surface area contributed by atoms with Gasteiger partial charge < -0.3 is 51.9 Å². The number of hydrogen-bond acceptors (Lipinski definition) is 12. The molecule has 0 fully saturated rings. The number of carboxylic acid groups (broad SMARTS) is 6. The molecule has 0 aromatic rings. The first-order chi connectivity index (χ1) is 19.0. The number of hydrogen-bond donors (Lipinski definition) is 10. The van der Waals surface area contributed by atoms with E-state index in [0.717, 1.165) is 0 Å². The zero-order valence-corrected chi connectivity index (χ0v) is 23.1. The summed E-state index contributed by atoms with van der Waals surface area (Å²) in [5, 5.41) is 59.0. The van der Waals surface area contributed by atoms with Gasteiger partial charge in [0.2, 0.25) is 0 Å². The molecule has 0 spiro atoms. The first-order valence-electron chi connectivity index (χ1n) is 12.1. The average Bonchev–Trinajstić information content (AvgIpc) is 2.82. The highest BCUT2D eigenvalue weighted by Crippen LogP contribution is 1.80. The SMILES string of the molecule is CC(=O)CCNCC(=O)O.CC(=O)CCNCCC(=O)O.O=C(O)CCNCC(=O)O.O=C(O)CCNCC(=O)O. The predicted octanol–water partition coefficient (Wildman–Crippen LogP) is -2.06. The lowest BCUT2D eigenvalue weighted by Crippen LogP contribution is -2.24. The van der Waals surface area contributed by atoms with E-state index in [1.165, 1.54) is 13.8 Å². The van der Waals surface area contributed by atoms with Gasteiger partial charge in [0.05, 0.1) is 38.9 Å². The van der Waals surface area contributed by atoms with Crippen molar-refractivity contribution in [1.82, 2.24) is 21.3 Å². The largest absolute Gasteiger partial charge is 0.481 e. The van der Waals surface area contributed by atoms with Crippen LogP contribution in [0.3, 0.4) is 0 Å². The van der Waals surface area contributed by atoms with Crippen LogP contribution in [0, 0.1) is 0 Å². The number of ketones is 2. The fourth-order valence-electron chi connectivity index (χ4n) is 1.83. The third-order valence-electron chi connectivity index (χ3n) is 3.68. The van der Waals surface area contributed by atoms with Gasteiger partial charge in [-0.2, -0.15) is 0 Å². The summed E-state index contributed by atoms with van der Waals surface area (Å²) >= 11 is 0. The van der Waals surface area contributed by atoms with Gasteiger partial charge >= 0.3 is 35.8 Å². The fourth-order valence-corrected chi connectivity index (χ4v) is 1.83.